The van der Waals surface area contributed by atoms with Crippen molar-refractivity contribution in [3.63, 3.8) is 0 Å². The van der Waals surface area contributed by atoms with Gasteiger partial charge in [-0.25, -0.2) is 0 Å². The van der Waals surface area contributed by atoms with E-state index in [1.54, 1.807) is 0 Å². The first-order valence-electron chi connectivity index (χ1n) is 6.55. The van der Waals surface area contributed by atoms with Crippen molar-refractivity contribution in [2.24, 2.45) is 7.05 Å². The summed E-state index contributed by atoms with van der Waals surface area (Å²) in [5.41, 5.74) is 4.30. The molecule has 2 aromatic rings. The maximum atomic E-state index is 8.94. The van der Waals surface area contributed by atoms with Gasteiger partial charge in [-0.2, -0.15) is 10.4 Å². The highest BCUT2D eigenvalue weighted by molar-refractivity contribution is 5.51. The Morgan fingerprint density at radius 3 is 3.21 bits per heavy atom. The third-order valence-corrected chi connectivity index (χ3v) is 3.71. The molecule has 0 spiro atoms. The second-order valence-electron chi connectivity index (χ2n) is 4.95. The van der Waals surface area contributed by atoms with Gasteiger partial charge < -0.3 is 5.32 Å². The number of aryl methyl sites for hydroxylation is 1. The summed E-state index contributed by atoms with van der Waals surface area (Å²) >= 11 is 0. The van der Waals surface area contributed by atoms with Gasteiger partial charge in [0.1, 0.15) is 0 Å². The number of nitrogens with one attached hydrogen (secondary N) is 1. The number of hydrogen-bond donors (Lipinski definition) is 1. The summed E-state index contributed by atoms with van der Waals surface area (Å²) in [5, 5.41) is 16.8. The Bertz CT molecular complexity index is 636. The summed E-state index contributed by atoms with van der Waals surface area (Å²) in [6.07, 6.45) is 5.33. The average Bonchev–Trinajstić information content (AvgIpc) is 2.82. The summed E-state index contributed by atoms with van der Waals surface area (Å²) in [7, 11) is 2.00. The summed E-state index contributed by atoms with van der Waals surface area (Å²) in [6.45, 7) is 0. The Labute approximate surface area is 112 Å². The molecule has 1 unspecified atom stereocenters. The van der Waals surface area contributed by atoms with Gasteiger partial charge >= 0.3 is 0 Å². The highest BCUT2D eigenvalue weighted by atomic mass is 15.3. The normalized spacial score (nSPS) is 17.6. The van der Waals surface area contributed by atoms with Crippen molar-refractivity contribution in [3.05, 3.63) is 47.3 Å². The van der Waals surface area contributed by atoms with E-state index < -0.39 is 0 Å². The van der Waals surface area contributed by atoms with Crippen molar-refractivity contribution in [2.45, 2.75) is 25.3 Å². The molecule has 3 rings (SSSR count). The third-order valence-electron chi connectivity index (χ3n) is 3.71. The number of anilines is 1. The van der Waals surface area contributed by atoms with Gasteiger partial charge in [0.05, 0.1) is 23.9 Å². The van der Waals surface area contributed by atoms with Gasteiger partial charge in [-0.15, -0.1) is 0 Å². The molecule has 0 aliphatic heterocycles. The number of benzene rings is 1. The van der Waals surface area contributed by atoms with Crippen molar-refractivity contribution >= 4 is 5.69 Å². The van der Waals surface area contributed by atoms with Crippen LogP contribution in [0.15, 0.2) is 30.5 Å². The van der Waals surface area contributed by atoms with E-state index in [2.05, 4.69) is 16.5 Å². The van der Waals surface area contributed by atoms with E-state index in [1.807, 2.05) is 42.2 Å². The highest BCUT2D eigenvalue weighted by Gasteiger charge is 2.23. The number of hydrogen-bond acceptors (Lipinski definition) is 3. The number of nitriles is 1. The Kier molecular flexibility index (Phi) is 2.96. The third kappa shape index (κ3) is 2.19. The monoisotopic (exact) mass is 252 g/mol. The molecule has 1 atom stereocenters. The van der Waals surface area contributed by atoms with Crippen molar-refractivity contribution in [1.29, 1.82) is 5.26 Å². The van der Waals surface area contributed by atoms with Crippen LogP contribution in [0, 0.1) is 11.3 Å². The fraction of sp³-hybridized carbons (Fsp3) is 0.333. The van der Waals surface area contributed by atoms with Crippen LogP contribution in [-0.2, 0) is 13.5 Å². The van der Waals surface area contributed by atoms with E-state index in [1.165, 1.54) is 17.7 Å². The largest absolute Gasteiger partial charge is 0.378 e. The number of aromatic nitrogens is 2. The molecule has 0 saturated carbocycles. The molecule has 1 aliphatic rings. The standard InChI is InChI=1S/C15H16N4/c1-19-15-7-3-6-14(13(15)10-17-19)18-12-5-2-4-11(8-12)9-16/h2,4-5,8,10,14,18H,3,6-7H2,1H3. The molecule has 0 saturated heterocycles. The van der Waals surface area contributed by atoms with Crippen LogP contribution < -0.4 is 5.32 Å². The Hall–Kier alpha value is -2.28. The second-order valence-corrected chi connectivity index (χ2v) is 4.95. The van der Waals surface area contributed by atoms with Crippen LogP contribution in [0.3, 0.4) is 0 Å². The number of nitrogens with zero attached hydrogens (tertiary/aromatic N) is 3. The summed E-state index contributed by atoms with van der Waals surface area (Å²) < 4.78 is 1.97. The lowest BCUT2D eigenvalue weighted by Gasteiger charge is -2.24. The highest BCUT2D eigenvalue weighted by Crippen LogP contribution is 2.32. The zero-order chi connectivity index (χ0) is 13.2. The Balaban J connectivity index is 1.86. The molecule has 1 N–H and O–H groups in total. The van der Waals surface area contributed by atoms with Crippen LogP contribution in [0.5, 0.6) is 0 Å². The average molecular weight is 252 g/mol. The molecule has 1 aliphatic carbocycles. The summed E-state index contributed by atoms with van der Waals surface area (Å²) in [5.74, 6) is 0. The van der Waals surface area contributed by atoms with E-state index >= 15 is 0 Å². The fourth-order valence-corrected chi connectivity index (χ4v) is 2.74. The summed E-state index contributed by atoms with van der Waals surface area (Å²) in [6, 6.07) is 10.1. The number of rotatable bonds is 2. The molecule has 1 aromatic heterocycles. The van der Waals surface area contributed by atoms with Crippen LogP contribution in [-0.4, -0.2) is 9.78 Å². The van der Waals surface area contributed by atoms with Gasteiger partial charge in [-0.1, -0.05) is 6.07 Å². The lowest BCUT2D eigenvalue weighted by molar-refractivity contribution is 0.571. The van der Waals surface area contributed by atoms with E-state index in [-0.39, 0.29) is 0 Å². The minimum Gasteiger partial charge on any atom is -0.378 e. The van der Waals surface area contributed by atoms with Gasteiger partial charge in [-0.3, -0.25) is 4.68 Å². The van der Waals surface area contributed by atoms with Crippen LogP contribution in [0.1, 0.15) is 35.7 Å². The van der Waals surface area contributed by atoms with Gasteiger partial charge in [-0.05, 0) is 37.5 Å². The topological polar surface area (TPSA) is 53.6 Å². The van der Waals surface area contributed by atoms with E-state index in [4.69, 9.17) is 5.26 Å². The van der Waals surface area contributed by atoms with Crippen LogP contribution in [0.4, 0.5) is 5.69 Å². The minimum absolute atomic E-state index is 0.298. The van der Waals surface area contributed by atoms with Gasteiger partial charge in [0.2, 0.25) is 0 Å². The fourth-order valence-electron chi connectivity index (χ4n) is 2.74. The van der Waals surface area contributed by atoms with Crippen molar-refractivity contribution < 1.29 is 0 Å². The molecular weight excluding hydrogens is 236 g/mol. The summed E-state index contributed by atoms with van der Waals surface area (Å²) in [4.78, 5) is 0. The van der Waals surface area contributed by atoms with Crippen LogP contribution in [0.25, 0.3) is 0 Å². The van der Waals surface area contributed by atoms with Crippen molar-refractivity contribution in [1.82, 2.24) is 9.78 Å². The van der Waals surface area contributed by atoms with Crippen molar-refractivity contribution in [2.75, 3.05) is 5.32 Å². The number of fused-ring (bicyclic) bond motifs is 1. The smallest absolute Gasteiger partial charge is 0.0992 e. The molecule has 1 heterocycles. The quantitative estimate of drug-likeness (QED) is 0.894. The predicted octanol–water partition coefficient (Wildman–Crippen LogP) is 2.78. The van der Waals surface area contributed by atoms with E-state index in [9.17, 15) is 0 Å². The molecule has 0 fully saturated rings. The zero-order valence-corrected chi connectivity index (χ0v) is 10.9. The molecular formula is C15H16N4. The first-order valence-corrected chi connectivity index (χ1v) is 6.55. The Morgan fingerprint density at radius 2 is 2.37 bits per heavy atom. The second kappa shape index (κ2) is 4.77. The molecule has 0 amide bonds. The molecule has 1 aromatic carbocycles. The van der Waals surface area contributed by atoms with Gasteiger partial charge in [0.25, 0.3) is 0 Å². The van der Waals surface area contributed by atoms with Crippen LogP contribution >= 0.6 is 0 Å². The van der Waals surface area contributed by atoms with Crippen molar-refractivity contribution in [3.8, 4) is 6.07 Å². The molecule has 19 heavy (non-hydrogen) atoms. The molecule has 4 heteroatoms. The maximum absolute atomic E-state index is 8.94. The maximum Gasteiger partial charge on any atom is 0.0992 e. The molecule has 4 nitrogen and oxygen atoms in total. The SMILES string of the molecule is Cn1ncc2c1CCCC2Nc1cccc(C#N)c1. The molecule has 96 valence electrons. The Morgan fingerprint density at radius 1 is 1.47 bits per heavy atom. The first kappa shape index (κ1) is 11.8. The molecule has 0 radical (unpaired) electrons. The first-order chi connectivity index (χ1) is 9.28. The van der Waals surface area contributed by atoms with E-state index in [0.717, 1.165) is 18.5 Å². The van der Waals surface area contributed by atoms with E-state index in [0.29, 0.717) is 11.6 Å². The lowest BCUT2D eigenvalue weighted by Crippen LogP contribution is -2.17. The molecule has 0 bridgehead atoms. The van der Waals surface area contributed by atoms with Crippen LogP contribution in [0.2, 0.25) is 0 Å². The predicted molar refractivity (Wildman–Crippen MR) is 73.7 cm³/mol. The lowest BCUT2D eigenvalue weighted by atomic mass is 9.93. The zero-order valence-electron chi connectivity index (χ0n) is 10.9. The minimum atomic E-state index is 0.298. The van der Waals surface area contributed by atoms with Gasteiger partial charge in [0.15, 0.2) is 0 Å². The van der Waals surface area contributed by atoms with Gasteiger partial charge in [0, 0.05) is 24.0 Å².